The van der Waals surface area contributed by atoms with Gasteiger partial charge in [0.15, 0.2) is 0 Å². The SMILES string of the molecule is CCC(C)(N)C(=O)N1CCCC1C1CCCC1. The molecule has 2 fully saturated rings. The van der Waals surface area contributed by atoms with Crippen LogP contribution >= 0.6 is 0 Å². The van der Waals surface area contributed by atoms with Gasteiger partial charge in [0, 0.05) is 12.6 Å². The van der Waals surface area contributed by atoms with Crippen LogP contribution in [0.25, 0.3) is 0 Å². The largest absolute Gasteiger partial charge is 0.338 e. The van der Waals surface area contributed by atoms with Gasteiger partial charge in [-0.1, -0.05) is 19.8 Å². The third-order valence-electron chi connectivity index (χ3n) is 4.73. The number of nitrogens with zero attached hydrogens (tertiary/aromatic N) is 1. The molecule has 1 heterocycles. The van der Waals surface area contributed by atoms with Gasteiger partial charge in [0.05, 0.1) is 5.54 Å². The molecule has 2 aliphatic rings. The maximum atomic E-state index is 12.5. The second-order valence-electron chi connectivity index (χ2n) is 6.02. The fourth-order valence-electron chi connectivity index (χ4n) is 3.36. The molecule has 1 amide bonds. The Balaban J connectivity index is 2.06. The molecule has 1 aliphatic heterocycles. The highest BCUT2D eigenvalue weighted by molar-refractivity contribution is 5.86. The van der Waals surface area contributed by atoms with Crippen LogP contribution in [-0.2, 0) is 4.79 Å². The van der Waals surface area contributed by atoms with Gasteiger partial charge in [-0.15, -0.1) is 0 Å². The second-order valence-corrected chi connectivity index (χ2v) is 6.02. The maximum absolute atomic E-state index is 12.5. The highest BCUT2D eigenvalue weighted by Crippen LogP contribution is 2.36. The van der Waals surface area contributed by atoms with Crippen molar-refractivity contribution in [3.63, 3.8) is 0 Å². The zero-order valence-electron chi connectivity index (χ0n) is 11.2. The zero-order chi connectivity index (χ0) is 12.5. The lowest BCUT2D eigenvalue weighted by molar-refractivity contribution is -0.138. The summed E-state index contributed by atoms with van der Waals surface area (Å²) >= 11 is 0. The monoisotopic (exact) mass is 238 g/mol. The van der Waals surface area contributed by atoms with Gasteiger partial charge in [-0.05, 0) is 44.9 Å². The van der Waals surface area contributed by atoms with Crippen molar-refractivity contribution in [2.24, 2.45) is 11.7 Å². The van der Waals surface area contributed by atoms with Gasteiger partial charge < -0.3 is 10.6 Å². The van der Waals surface area contributed by atoms with Crippen LogP contribution in [0.15, 0.2) is 0 Å². The maximum Gasteiger partial charge on any atom is 0.242 e. The average Bonchev–Trinajstić information content (AvgIpc) is 2.97. The lowest BCUT2D eigenvalue weighted by Gasteiger charge is -2.35. The molecule has 98 valence electrons. The first-order valence-corrected chi connectivity index (χ1v) is 7.16. The number of hydrogen-bond donors (Lipinski definition) is 1. The summed E-state index contributed by atoms with van der Waals surface area (Å²) in [6.07, 6.45) is 8.38. The van der Waals surface area contributed by atoms with Crippen molar-refractivity contribution in [2.75, 3.05) is 6.54 Å². The van der Waals surface area contributed by atoms with E-state index in [1.807, 2.05) is 13.8 Å². The van der Waals surface area contributed by atoms with Gasteiger partial charge in [0.25, 0.3) is 0 Å². The zero-order valence-corrected chi connectivity index (χ0v) is 11.2. The van der Waals surface area contributed by atoms with Crippen LogP contribution in [0.3, 0.4) is 0 Å². The minimum atomic E-state index is -0.665. The lowest BCUT2D eigenvalue weighted by Crippen LogP contribution is -2.55. The Bertz CT molecular complexity index is 282. The summed E-state index contributed by atoms with van der Waals surface area (Å²) in [7, 11) is 0. The predicted octanol–water partition coefficient (Wildman–Crippen LogP) is 2.29. The van der Waals surface area contributed by atoms with Crippen molar-refractivity contribution >= 4 is 5.91 Å². The first-order valence-electron chi connectivity index (χ1n) is 7.16. The van der Waals surface area contributed by atoms with Crippen molar-refractivity contribution in [1.82, 2.24) is 4.90 Å². The van der Waals surface area contributed by atoms with Crippen LogP contribution in [0.4, 0.5) is 0 Å². The van der Waals surface area contributed by atoms with Crippen LogP contribution < -0.4 is 5.73 Å². The van der Waals surface area contributed by atoms with E-state index in [-0.39, 0.29) is 5.91 Å². The standard InChI is InChI=1S/C14H26N2O/c1-3-14(2,15)13(17)16-10-6-9-12(16)11-7-4-5-8-11/h11-12H,3-10,15H2,1-2H3. The molecular formula is C14H26N2O. The van der Waals surface area contributed by atoms with Crippen molar-refractivity contribution in [2.45, 2.75) is 70.4 Å². The van der Waals surface area contributed by atoms with Crippen LogP contribution in [0.5, 0.6) is 0 Å². The number of nitrogens with two attached hydrogens (primary N) is 1. The molecule has 0 aromatic heterocycles. The Morgan fingerprint density at radius 3 is 2.53 bits per heavy atom. The third-order valence-corrected chi connectivity index (χ3v) is 4.73. The molecule has 2 N–H and O–H groups in total. The second kappa shape index (κ2) is 4.97. The molecule has 2 unspecified atom stereocenters. The number of amides is 1. The van der Waals surface area contributed by atoms with E-state index in [0.717, 1.165) is 25.3 Å². The van der Waals surface area contributed by atoms with E-state index >= 15 is 0 Å². The van der Waals surface area contributed by atoms with E-state index in [1.54, 1.807) is 0 Å². The molecule has 0 aromatic carbocycles. The van der Waals surface area contributed by atoms with Crippen LogP contribution in [0, 0.1) is 5.92 Å². The van der Waals surface area contributed by atoms with Gasteiger partial charge >= 0.3 is 0 Å². The Hall–Kier alpha value is -0.570. The summed E-state index contributed by atoms with van der Waals surface area (Å²) in [5.74, 6) is 0.920. The van der Waals surface area contributed by atoms with Crippen molar-refractivity contribution < 1.29 is 4.79 Å². The number of carbonyl (C=O) groups is 1. The van der Waals surface area contributed by atoms with E-state index in [9.17, 15) is 4.79 Å². The van der Waals surface area contributed by atoms with Gasteiger partial charge in [-0.2, -0.15) is 0 Å². The van der Waals surface area contributed by atoms with Gasteiger partial charge in [0.1, 0.15) is 0 Å². The quantitative estimate of drug-likeness (QED) is 0.820. The summed E-state index contributed by atoms with van der Waals surface area (Å²) in [6, 6.07) is 0.486. The number of hydrogen-bond acceptors (Lipinski definition) is 2. The van der Waals surface area contributed by atoms with E-state index < -0.39 is 5.54 Å². The summed E-state index contributed by atoms with van der Waals surface area (Å²) in [5.41, 5.74) is 5.44. The molecule has 0 bridgehead atoms. The molecule has 3 heteroatoms. The van der Waals surface area contributed by atoms with E-state index in [4.69, 9.17) is 5.73 Å². The molecule has 1 aliphatic carbocycles. The Morgan fingerprint density at radius 2 is 1.94 bits per heavy atom. The molecule has 2 rings (SSSR count). The van der Waals surface area contributed by atoms with E-state index in [2.05, 4.69) is 4.90 Å². The van der Waals surface area contributed by atoms with Gasteiger partial charge in [-0.25, -0.2) is 0 Å². The van der Waals surface area contributed by atoms with E-state index in [1.165, 1.54) is 32.1 Å². The molecule has 0 spiro atoms. The minimum absolute atomic E-state index is 0.175. The first-order chi connectivity index (χ1) is 8.06. The fourth-order valence-corrected chi connectivity index (χ4v) is 3.36. The fraction of sp³-hybridized carbons (Fsp3) is 0.929. The Morgan fingerprint density at radius 1 is 1.29 bits per heavy atom. The smallest absolute Gasteiger partial charge is 0.242 e. The molecule has 0 radical (unpaired) electrons. The summed E-state index contributed by atoms with van der Waals surface area (Å²) in [5, 5.41) is 0. The summed E-state index contributed by atoms with van der Waals surface area (Å²) in [6.45, 7) is 4.80. The molecule has 1 saturated heterocycles. The normalized spacial score (nSPS) is 29.6. The third kappa shape index (κ3) is 2.49. The summed E-state index contributed by atoms with van der Waals surface area (Å²) in [4.78, 5) is 14.6. The highest BCUT2D eigenvalue weighted by atomic mass is 16.2. The Kier molecular flexibility index (Phi) is 3.76. The number of rotatable bonds is 3. The molecule has 17 heavy (non-hydrogen) atoms. The highest BCUT2D eigenvalue weighted by Gasteiger charge is 2.40. The minimum Gasteiger partial charge on any atom is -0.338 e. The first kappa shape index (κ1) is 12.9. The van der Waals surface area contributed by atoms with Crippen molar-refractivity contribution in [3.8, 4) is 0 Å². The lowest BCUT2D eigenvalue weighted by atomic mass is 9.93. The molecular weight excluding hydrogens is 212 g/mol. The predicted molar refractivity (Wildman–Crippen MR) is 69.6 cm³/mol. The van der Waals surface area contributed by atoms with Crippen molar-refractivity contribution in [3.05, 3.63) is 0 Å². The molecule has 3 nitrogen and oxygen atoms in total. The molecule has 0 aromatic rings. The van der Waals surface area contributed by atoms with Crippen LogP contribution in [-0.4, -0.2) is 28.9 Å². The van der Waals surface area contributed by atoms with Gasteiger partial charge in [0.2, 0.25) is 5.91 Å². The molecule has 1 saturated carbocycles. The number of carbonyl (C=O) groups excluding carboxylic acids is 1. The van der Waals surface area contributed by atoms with Crippen LogP contribution in [0.2, 0.25) is 0 Å². The Labute approximate surface area is 105 Å². The topological polar surface area (TPSA) is 46.3 Å². The average molecular weight is 238 g/mol. The van der Waals surface area contributed by atoms with Crippen LogP contribution in [0.1, 0.15) is 58.8 Å². The summed E-state index contributed by atoms with van der Waals surface area (Å²) < 4.78 is 0. The van der Waals surface area contributed by atoms with Crippen molar-refractivity contribution in [1.29, 1.82) is 0 Å². The van der Waals surface area contributed by atoms with E-state index in [0.29, 0.717) is 6.04 Å². The molecule has 2 atom stereocenters. The van der Waals surface area contributed by atoms with Gasteiger partial charge in [-0.3, -0.25) is 4.79 Å². The number of likely N-dealkylation sites (tertiary alicyclic amines) is 1.